The van der Waals surface area contributed by atoms with Crippen LogP contribution < -0.4 is 10.6 Å². The molecular formula is C24H27N3O5. The smallest absolute Gasteiger partial charge is 0.407 e. The molecule has 8 heteroatoms. The van der Waals surface area contributed by atoms with Gasteiger partial charge in [-0.2, -0.15) is 5.26 Å². The predicted octanol–water partition coefficient (Wildman–Crippen LogP) is 3.16. The van der Waals surface area contributed by atoms with Gasteiger partial charge < -0.3 is 20.5 Å². The molecule has 2 amide bonds. The van der Waals surface area contributed by atoms with Gasteiger partial charge in [-0.15, -0.1) is 0 Å². The van der Waals surface area contributed by atoms with Gasteiger partial charge in [-0.1, -0.05) is 48.9 Å². The summed E-state index contributed by atoms with van der Waals surface area (Å²) in [4.78, 5) is 35.3. The number of alkyl carbamates (subject to hydrolysis) is 1. The fourth-order valence-electron chi connectivity index (χ4n) is 3.02. The zero-order valence-corrected chi connectivity index (χ0v) is 17.8. The maximum atomic E-state index is 12.1. The van der Waals surface area contributed by atoms with E-state index in [0.29, 0.717) is 36.9 Å². The Morgan fingerprint density at radius 3 is 2.47 bits per heavy atom. The highest BCUT2D eigenvalue weighted by molar-refractivity contribution is 5.83. The number of benzene rings is 2. The highest BCUT2D eigenvalue weighted by Crippen LogP contribution is 2.08. The van der Waals surface area contributed by atoms with Crippen LogP contribution >= 0.6 is 0 Å². The van der Waals surface area contributed by atoms with Gasteiger partial charge >= 0.3 is 12.1 Å². The second-order valence-electron chi connectivity index (χ2n) is 7.27. The van der Waals surface area contributed by atoms with Gasteiger partial charge in [0.25, 0.3) is 0 Å². The number of rotatable bonds is 12. The minimum atomic E-state index is -1.13. The van der Waals surface area contributed by atoms with Crippen LogP contribution in [0.4, 0.5) is 4.79 Å². The van der Waals surface area contributed by atoms with E-state index in [9.17, 15) is 19.5 Å². The van der Waals surface area contributed by atoms with Crippen LogP contribution in [0.25, 0.3) is 0 Å². The van der Waals surface area contributed by atoms with E-state index < -0.39 is 18.1 Å². The van der Waals surface area contributed by atoms with Gasteiger partial charge in [0, 0.05) is 19.4 Å². The second kappa shape index (κ2) is 13.4. The van der Waals surface area contributed by atoms with Crippen LogP contribution in [-0.4, -0.2) is 35.7 Å². The summed E-state index contributed by atoms with van der Waals surface area (Å²) in [5, 5.41) is 23.5. The topological polar surface area (TPSA) is 129 Å². The second-order valence-corrected chi connectivity index (χ2v) is 7.27. The number of carboxylic acids is 1. The molecular weight excluding hydrogens is 410 g/mol. The van der Waals surface area contributed by atoms with Gasteiger partial charge in [-0.3, -0.25) is 4.79 Å². The summed E-state index contributed by atoms with van der Waals surface area (Å²) in [5.74, 6) is -1.47. The molecule has 2 rings (SSSR count). The third-order valence-corrected chi connectivity index (χ3v) is 4.69. The minimum Gasteiger partial charge on any atom is -0.480 e. The molecule has 168 valence electrons. The van der Waals surface area contributed by atoms with Crippen molar-refractivity contribution in [1.82, 2.24) is 10.6 Å². The summed E-state index contributed by atoms with van der Waals surface area (Å²) < 4.78 is 5.11. The molecule has 0 radical (unpaired) electrons. The molecule has 8 nitrogen and oxygen atoms in total. The Morgan fingerprint density at radius 2 is 1.75 bits per heavy atom. The molecule has 2 aromatic rings. The number of hydrogen-bond donors (Lipinski definition) is 3. The molecule has 0 aliphatic rings. The zero-order chi connectivity index (χ0) is 23.2. The Bertz CT molecular complexity index is 940. The van der Waals surface area contributed by atoms with Crippen LogP contribution in [0.5, 0.6) is 0 Å². The first-order valence-electron chi connectivity index (χ1n) is 10.4. The third kappa shape index (κ3) is 9.30. The molecule has 0 aliphatic heterocycles. The first-order valence-corrected chi connectivity index (χ1v) is 10.4. The van der Waals surface area contributed by atoms with Crippen LogP contribution in [0, 0.1) is 11.3 Å². The molecule has 3 N–H and O–H groups in total. The van der Waals surface area contributed by atoms with Gasteiger partial charge in [0.15, 0.2) is 0 Å². The van der Waals surface area contributed by atoms with E-state index in [2.05, 4.69) is 10.6 Å². The van der Waals surface area contributed by atoms with Crippen molar-refractivity contribution in [2.24, 2.45) is 0 Å². The quantitative estimate of drug-likeness (QED) is 0.438. The number of nitriles is 1. The molecule has 0 aromatic heterocycles. The molecule has 0 saturated carbocycles. The average Bonchev–Trinajstić information content (AvgIpc) is 2.80. The number of hydrogen-bond acceptors (Lipinski definition) is 5. The van der Waals surface area contributed by atoms with Crippen LogP contribution in [0.2, 0.25) is 0 Å². The van der Waals surface area contributed by atoms with Gasteiger partial charge in [0.1, 0.15) is 12.6 Å². The summed E-state index contributed by atoms with van der Waals surface area (Å²) in [7, 11) is 0. The van der Waals surface area contributed by atoms with Gasteiger partial charge in [0.2, 0.25) is 5.91 Å². The summed E-state index contributed by atoms with van der Waals surface area (Å²) >= 11 is 0. The lowest BCUT2D eigenvalue weighted by molar-refractivity contribution is -0.141. The standard InChI is InChI=1S/C24H27N3O5/c25-16-20-11-7-10-19(14-20)15-21(23(29)30)27-22(28)12-5-2-6-13-26-24(31)32-17-18-8-3-1-4-9-18/h1,3-4,7-11,14,21H,2,5-6,12-13,15,17H2,(H,26,31)(H,27,28)(H,29,30)/t21-/m0/s1. The summed E-state index contributed by atoms with van der Waals surface area (Å²) in [6.07, 6.45) is 1.76. The highest BCUT2D eigenvalue weighted by atomic mass is 16.5. The number of ether oxygens (including phenoxy) is 1. The lowest BCUT2D eigenvalue weighted by atomic mass is 10.0. The minimum absolute atomic E-state index is 0.103. The van der Waals surface area contributed by atoms with E-state index in [4.69, 9.17) is 10.00 Å². The average molecular weight is 437 g/mol. The lowest BCUT2D eigenvalue weighted by Crippen LogP contribution is -2.42. The van der Waals surface area contributed by atoms with Gasteiger partial charge in [-0.25, -0.2) is 9.59 Å². The predicted molar refractivity (Wildman–Crippen MR) is 118 cm³/mol. The first-order chi connectivity index (χ1) is 15.5. The van der Waals surface area contributed by atoms with Crippen molar-refractivity contribution in [2.45, 2.75) is 44.8 Å². The Labute approximate surface area is 187 Å². The van der Waals surface area contributed by atoms with Crippen molar-refractivity contribution in [3.8, 4) is 6.07 Å². The Morgan fingerprint density at radius 1 is 1.00 bits per heavy atom. The van der Waals surface area contributed by atoms with Crippen molar-refractivity contribution >= 4 is 18.0 Å². The number of carbonyl (C=O) groups excluding carboxylic acids is 2. The maximum Gasteiger partial charge on any atom is 0.407 e. The van der Waals surface area contributed by atoms with E-state index in [1.54, 1.807) is 24.3 Å². The normalized spacial score (nSPS) is 11.1. The van der Waals surface area contributed by atoms with Crippen LogP contribution in [0.3, 0.4) is 0 Å². The molecule has 0 aliphatic carbocycles. The number of amides is 2. The van der Waals surface area contributed by atoms with Crippen LogP contribution in [-0.2, 0) is 27.4 Å². The SMILES string of the molecule is N#Cc1cccc(C[C@H](NC(=O)CCCCCNC(=O)OCc2ccccc2)C(=O)O)c1. The Kier molecular flexibility index (Phi) is 10.3. The van der Waals surface area contributed by atoms with Crippen molar-refractivity contribution in [2.75, 3.05) is 6.54 Å². The maximum absolute atomic E-state index is 12.1. The van der Waals surface area contributed by atoms with E-state index >= 15 is 0 Å². The van der Waals surface area contributed by atoms with Crippen molar-refractivity contribution in [1.29, 1.82) is 5.26 Å². The van der Waals surface area contributed by atoms with Gasteiger partial charge in [-0.05, 0) is 36.1 Å². The molecule has 2 aromatic carbocycles. The molecule has 0 spiro atoms. The van der Waals surface area contributed by atoms with E-state index in [1.807, 2.05) is 36.4 Å². The van der Waals surface area contributed by atoms with E-state index in [1.165, 1.54) is 0 Å². The Balaban J connectivity index is 1.60. The molecule has 1 atom stereocenters. The van der Waals surface area contributed by atoms with Crippen LogP contribution in [0.1, 0.15) is 42.4 Å². The summed E-state index contributed by atoms with van der Waals surface area (Å²) in [6, 6.07) is 17.0. The number of unbranched alkanes of at least 4 members (excludes halogenated alkanes) is 2. The molecule has 0 unspecified atom stereocenters. The van der Waals surface area contributed by atoms with Crippen molar-refractivity contribution in [3.63, 3.8) is 0 Å². The fourth-order valence-corrected chi connectivity index (χ4v) is 3.02. The first kappa shape index (κ1) is 24.4. The van der Waals surface area contributed by atoms with Crippen molar-refractivity contribution < 1.29 is 24.2 Å². The number of carboxylic acid groups (broad SMARTS) is 1. The third-order valence-electron chi connectivity index (χ3n) is 4.69. The highest BCUT2D eigenvalue weighted by Gasteiger charge is 2.20. The number of carbonyl (C=O) groups is 3. The van der Waals surface area contributed by atoms with Crippen molar-refractivity contribution in [3.05, 3.63) is 71.3 Å². The van der Waals surface area contributed by atoms with Crippen LogP contribution in [0.15, 0.2) is 54.6 Å². The molecule has 0 bridgehead atoms. The van der Waals surface area contributed by atoms with Gasteiger partial charge in [0.05, 0.1) is 11.6 Å². The van der Waals surface area contributed by atoms with E-state index in [0.717, 1.165) is 5.56 Å². The summed E-state index contributed by atoms with van der Waals surface area (Å²) in [6.45, 7) is 0.640. The number of nitrogens with zero attached hydrogens (tertiary/aromatic N) is 1. The fraction of sp³-hybridized carbons (Fsp3) is 0.333. The van der Waals surface area contributed by atoms with E-state index in [-0.39, 0.29) is 25.4 Å². The molecule has 32 heavy (non-hydrogen) atoms. The number of aliphatic carboxylic acids is 1. The monoisotopic (exact) mass is 437 g/mol. The Hall–Kier alpha value is -3.86. The molecule has 0 fully saturated rings. The summed E-state index contributed by atoms with van der Waals surface area (Å²) in [5.41, 5.74) is 2.02. The largest absolute Gasteiger partial charge is 0.480 e. The lowest BCUT2D eigenvalue weighted by Gasteiger charge is -2.15. The molecule has 0 heterocycles. The number of nitrogens with one attached hydrogen (secondary N) is 2. The zero-order valence-electron chi connectivity index (χ0n) is 17.8. The molecule has 0 saturated heterocycles.